The Morgan fingerprint density at radius 1 is 1.05 bits per heavy atom. The highest BCUT2D eigenvalue weighted by Crippen LogP contribution is 2.35. The van der Waals surface area contributed by atoms with Crippen LogP contribution in [0.15, 0.2) is 46.2 Å². The summed E-state index contributed by atoms with van der Waals surface area (Å²) in [4.78, 5) is 1.22. The number of hydrogen-bond donors (Lipinski definition) is 1. The number of hydrogen-bond acceptors (Lipinski definition) is 2. The summed E-state index contributed by atoms with van der Waals surface area (Å²) >= 11 is 1.22. The summed E-state index contributed by atoms with van der Waals surface area (Å²) in [6.07, 6.45) is 0. The predicted molar refractivity (Wildman–Crippen MR) is 79.0 cm³/mol. The van der Waals surface area contributed by atoms with E-state index in [1.165, 1.54) is 23.9 Å². The molecule has 2 rings (SSSR count). The van der Waals surface area contributed by atoms with Crippen LogP contribution in [0.4, 0.5) is 13.2 Å². The van der Waals surface area contributed by atoms with Crippen LogP contribution in [0.1, 0.15) is 25.5 Å². The van der Waals surface area contributed by atoms with Crippen LogP contribution < -0.4 is 5.32 Å². The first kappa shape index (κ1) is 15.9. The second-order valence-electron chi connectivity index (χ2n) is 4.61. The minimum absolute atomic E-state index is 0.163. The van der Waals surface area contributed by atoms with Crippen molar-refractivity contribution < 1.29 is 13.2 Å². The van der Waals surface area contributed by atoms with Crippen LogP contribution in [0.5, 0.6) is 0 Å². The molecule has 2 aromatic rings. The van der Waals surface area contributed by atoms with Gasteiger partial charge in [0.2, 0.25) is 0 Å². The molecule has 112 valence electrons. The van der Waals surface area contributed by atoms with Gasteiger partial charge >= 0.3 is 0 Å². The second kappa shape index (κ2) is 7.00. The van der Waals surface area contributed by atoms with Gasteiger partial charge in [0.1, 0.15) is 5.82 Å². The molecule has 0 fully saturated rings. The summed E-state index contributed by atoms with van der Waals surface area (Å²) in [7, 11) is 0. The summed E-state index contributed by atoms with van der Waals surface area (Å²) in [5.41, 5.74) is 0.536. The zero-order chi connectivity index (χ0) is 15.4. The first-order valence-electron chi connectivity index (χ1n) is 6.67. The molecule has 2 aromatic carbocycles. The molecule has 1 nitrogen and oxygen atoms in total. The molecule has 0 aromatic heterocycles. The topological polar surface area (TPSA) is 12.0 Å². The summed E-state index contributed by atoms with van der Waals surface area (Å²) in [6.45, 7) is 4.53. The van der Waals surface area contributed by atoms with Gasteiger partial charge in [0.05, 0.1) is 0 Å². The lowest BCUT2D eigenvalue weighted by atomic mass is 10.1. The Bertz CT molecular complexity index is 631. The molecule has 0 aliphatic carbocycles. The average Bonchev–Trinajstić information content (AvgIpc) is 2.43. The Hall–Kier alpha value is -1.46. The van der Waals surface area contributed by atoms with Crippen molar-refractivity contribution in [2.24, 2.45) is 0 Å². The third-order valence-electron chi connectivity index (χ3n) is 3.08. The zero-order valence-corrected chi connectivity index (χ0v) is 12.6. The lowest BCUT2D eigenvalue weighted by Crippen LogP contribution is -2.19. The van der Waals surface area contributed by atoms with Gasteiger partial charge in [-0.2, -0.15) is 0 Å². The van der Waals surface area contributed by atoms with Crippen LogP contribution in [-0.4, -0.2) is 6.54 Å². The van der Waals surface area contributed by atoms with Crippen molar-refractivity contribution in [2.75, 3.05) is 6.54 Å². The molecule has 5 heteroatoms. The zero-order valence-electron chi connectivity index (χ0n) is 11.8. The molecule has 0 aliphatic heterocycles. The smallest absolute Gasteiger partial charge is 0.159 e. The molecule has 1 atom stereocenters. The van der Waals surface area contributed by atoms with E-state index in [9.17, 15) is 13.2 Å². The largest absolute Gasteiger partial charge is 0.310 e. The minimum Gasteiger partial charge on any atom is -0.310 e. The summed E-state index contributed by atoms with van der Waals surface area (Å²) < 4.78 is 40.3. The second-order valence-corrected chi connectivity index (χ2v) is 5.72. The Labute approximate surface area is 126 Å². The van der Waals surface area contributed by atoms with Crippen molar-refractivity contribution in [2.45, 2.75) is 29.7 Å². The summed E-state index contributed by atoms with van der Waals surface area (Å²) in [5, 5.41) is 3.16. The average molecular weight is 311 g/mol. The molecule has 0 radical (unpaired) electrons. The van der Waals surface area contributed by atoms with E-state index in [1.54, 1.807) is 12.1 Å². The van der Waals surface area contributed by atoms with Crippen LogP contribution in [0.25, 0.3) is 0 Å². The maximum Gasteiger partial charge on any atom is 0.159 e. The van der Waals surface area contributed by atoms with Crippen molar-refractivity contribution in [1.82, 2.24) is 5.32 Å². The highest BCUT2D eigenvalue weighted by atomic mass is 32.2. The lowest BCUT2D eigenvalue weighted by molar-refractivity contribution is 0.506. The Morgan fingerprint density at radius 2 is 1.81 bits per heavy atom. The van der Waals surface area contributed by atoms with Gasteiger partial charge in [0.25, 0.3) is 0 Å². The van der Waals surface area contributed by atoms with Gasteiger partial charge in [-0.3, -0.25) is 0 Å². The molecule has 1 N–H and O–H groups in total. The first-order valence-corrected chi connectivity index (χ1v) is 7.49. The predicted octanol–water partition coefficient (Wildman–Crippen LogP) is 4.93. The van der Waals surface area contributed by atoms with Crippen LogP contribution in [0, 0.1) is 17.5 Å². The van der Waals surface area contributed by atoms with Gasteiger partial charge in [-0.15, -0.1) is 0 Å². The Morgan fingerprint density at radius 3 is 2.48 bits per heavy atom. The first-order chi connectivity index (χ1) is 10.0. The van der Waals surface area contributed by atoms with Gasteiger partial charge in [-0.1, -0.05) is 24.8 Å². The summed E-state index contributed by atoms with van der Waals surface area (Å²) in [6, 6.07) is 8.30. The number of nitrogens with one attached hydrogen (secondary N) is 1. The van der Waals surface area contributed by atoms with Crippen LogP contribution in [0.2, 0.25) is 0 Å². The fraction of sp³-hybridized carbons (Fsp3) is 0.250. The fourth-order valence-corrected chi connectivity index (χ4v) is 3.19. The van der Waals surface area contributed by atoms with Crippen LogP contribution in [-0.2, 0) is 0 Å². The van der Waals surface area contributed by atoms with Crippen molar-refractivity contribution in [3.8, 4) is 0 Å². The maximum absolute atomic E-state index is 14.1. The minimum atomic E-state index is -0.905. The molecular formula is C16H16F3NS. The molecular weight excluding hydrogens is 295 g/mol. The molecule has 0 saturated heterocycles. The van der Waals surface area contributed by atoms with Gasteiger partial charge in [-0.05, 0) is 43.8 Å². The van der Waals surface area contributed by atoms with Crippen LogP contribution in [0.3, 0.4) is 0 Å². The SMILES string of the molecule is CCNC(C)c1c(F)cccc1Sc1ccc(F)c(F)c1. The molecule has 0 saturated carbocycles. The van der Waals surface area contributed by atoms with E-state index in [0.29, 0.717) is 21.9 Å². The van der Waals surface area contributed by atoms with E-state index in [0.717, 1.165) is 12.1 Å². The molecule has 21 heavy (non-hydrogen) atoms. The van der Waals surface area contributed by atoms with E-state index >= 15 is 0 Å². The van der Waals surface area contributed by atoms with Gasteiger partial charge in [0, 0.05) is 21.4 Å². The standard InChI is InChI=1S/C16H16F3NS/c1-3-20-10(2)16-13(18)5-4-6-15(16)21-11-7-8-12(17)14(19)9-11/h4-10,20H,3H2,1-2H3. The highest BCUT2D eigenvalue weighted by Gasteiger charge is 2.16. The molecule has 0 bridgehead atoms. The van der Waals surface area contributed by atoms with E-state index in [1.807, 2.05) is 13.8 Å². The highest BCUT2D eigenvalue weighted by molar-refractivity contribution is 7.99. The Balaban J connectivity index is 2.35. The number of benzene rings is 2. The maximum atomic E-state index is 14.1. The van der Waals surface area contributed by atoms with E-state index in [-0.39, 0.29) is 11.9 Å². The normalized spacial score (nSPS) is 12.4. The molecule has 0 aliphatic rings. The molecule has 1 unspecified atom stereocenters. The molecule has 0 amide bonds. The van der Waals surface area contributed by atoms with Crippen molar-refractivity contribution >= 4 is 11.8 Å². The Kier molecular flexibility index (Phi) is 5.31. The van der Waals surface area contributed by atoms with E-state index in [4.69, 9.17) is 0 Å². The van der Waals surface area contributed by atoms with Crippen molar-refractivity contribution in [3.05, 3.63) is 59.4 Å². The fourth-order valence-electron chi connectivity index (χ4n) is 2.10. The summed E-state index contributed by atoms with van der Waals surface area (Å²) in [5.74, 6) is -2.10. The third-order valence-corrected chi connectivity index (χ3v) is 4.14. The van der Waals surface area contributed by atoms with E-state index in [2.05, 4.69) is 5.32 Å². The van der Waals surface area contributed by atoms with Gasteiger partial charge in [0.15, 0.2) is 11.6 Å². The van der Waals surface area contributed by atoms with Crippen LogP contribution >= 0.6 is 11.8 Å². The number of rotatable bonds is 5. The quantitative estimate of drug-likeness (QED) is 0.840. The van der Waals surface area contributed by atoms with Gasteiger partial charge in [-0.25, -0.2) is 13.2 Å². The van der Waals surface area contributed by atoms with Crippen molar-refractivity contribution in [1.29, 1.82) is 0 Å². The monoisotopic (exact) mass is 311 g/mol. The molecule has 0 spiro atoms. The molecule has 0 heterocycles. The number of halogens is 3. The van der Waals surface area contributed by atoms with E-state index < -0.39 is 11.6 Å². The van der Waals surface area contributed by atoms with Gasteiger partial charge < -0.3 is 5.32 Å². The lowest BCUT2D eigenvalue weighted by Gasteiger charge is -2.17. The third kappa shape index (κ3) is 3.80. The van der Waals surface area contributed by atoms with Crippen molar-refractivity contribution in [3.63, 3.8) is 0 Å².